The van der Waals surface area contributed by atoms with Crippen LogP contribution in [0.3, 0.4) is 0 Å². The Kier molecular flexibility index (Phi) is 7.59. The Hall–Kier alpha value is -7.30. The Balaban J connectivity index is 1.01. The van der Waals surface area contributed by atoms with Gasteiger partial charge in [0.2, 0.25) is 0 Å². The van der Waals surface area contributed by atoms with Crippen molar-refractivity contribution in [1.29, 1.82) is 0 Å². The number of nitrogens with zero attached hydrogens (tertiary/aromatic N) is 4. The molecule has 4 heteroatoms. The average Bonchev–Trinajstić information content (AvgIpc) is 3.80. The maximum absolute atomic E-state index is 5.11. The maximum Gasteiger partial charge on any atom is 0.0710 e. The molecule has 4 nitrogen and oxygen atoms in total. The predicted molar refractivity (Wildman–Crippen MR) is 230 cm³/mol. The molecule has 2 atom stereocenters. The smallest absolute Gasteiger partial charge is 0.0710 e. The Morgan fingerprint density at radius 3 is 1.62 bits per heavy atom. The standard InChI is InChI=1S/C52H36N4/c1-3-15-35(16-4-1)43-25-13-27-45(53-43)37-19-11-21-39(33-37)55-47-29-9-7-23-41(47)51-49(55)31-32-50-52(51)42-24-8-10-30-48(42)56(50)40-22-12-20-38(34-40)46-28-14-26-44(54-46)36-17-5-2-6-18-36/h1-34,49,51H. The molecule has 0 radical (unpaired) electrons. The minimum absolute atomic E-state index is 0.106. The lowest BCUT2D eigenvalue weighted by molar-refractivity contribution is 0.725. The van der Waals surface area contributed by atoms with E-state index in [4.69, 9.17) is 9.97 Å². The molecule has 0 N–H and O–H groups in total. The molecule has 264 valence electrons. The van der Waals surface area contributed by atoms with Gasteiger partial charge < -0.3 is 9.47 Å². The molecule has 0 saturated heterocycles. The van der Waals surface area contributed by atoms with Gasteiger partial charge in [-0.3, -0.25) is 0 Å². The van der Waals surface area contributed by atoms with Gasteiger partial charge in [-0.15, -0.1) is 0 Å². The molecule has 11 rings (SSSR count). The number of fused-ring (bicyclic) bond motifs is 7. The van der Waals surface area contributed by atoms with E-state index in [1.807, 2.05) is 12.1 Å². The van der Waals surface area contributed by atoms with Crippen LogP contribution in [-0.4, -0.2) is 20.6 Å². The number of anilines is 2. The van der Waals surface area contributed by atoms with Gasteiger partial charge in [0.25, 0.3) is 0 Å². The fourth-order valence-electron chi connectivity index (χ4n) is 8.89. The van der Waals surface area contributed by atoms with Crippen LogP contribution in [0, 0.1) is 0 Å². The number of rotatable bonds is 6. The first kappa shape index (κ1) is 32.2. The van der Waals surface area contributed by atoms with Gasteiger partial charge in [-0.2, -0.15) is 0 Å². The Morgan fingerprint density at radius 1 is 0.429 bits per heavy atom. The van der Waals surface area contributed by atoms with Gasteiger partial charge in [-0.25, -0.2) is 9.97 Å². The Labute approximate surface area is 326 Å². The number of hydrogen-bond acceptors (Lipinski definition) is 3. The van der Waals surface area contributed by atoms with Crippen LogP contribution in [0.2, 0.25) is 0 Å². The van der Waals surface area contributed by atoms with Crippen LogP contribution in [0.4, 0.5) is 11.4 Å². The van der Waals surface area contributed by atoms with E-state index < -0.39 is 0 Å². The van der Waals surface area contributed by atoms with E-state index in [2.05, 4.69) is 204 Å². The third kappa shape index (κ3) is 5.30. The normalized spacial score (nSPS) is 15.4. The van der Waals surface area contributed by atoms with Gasteiger partial charge in [-0.1, -0.05) is 140 Å². The maximum atomic E-state index is 5.11. The summed E-state index contributed by atoms with van der Waals surface area (Å²) in [5.74, 6) is 0.146. The summed E-state index contributed by atoms with van der Waals surface area (Å²) in [4.78, 5) is 12.7. The molecule has 0 saturated carbocycles. The molecule has 0 spiro atoms. The molecular weight excluding hydrogens is 681 g/mol. The van der Waals surface area contributed by atoms with Crippen molar-refractivity contribution in [2.45, 2.75) is 12.0 Å². The molecular formula is C52H36N4. The zero-order valence-electron chi connectivity index (χ0n) is 30.6. The van der Waals surface area contributed by atoms with Gasteiger partial charge in [0.15, 0.2) is 0 Å². The first-order valence-corrected chi connectivity index (χ1v) is 19.2. The number of pyridine rings is 2. The SMILES string of the molecule is C1=CC2C(c3ccccc3N2c2cccc(-c3cccc(-c4ccccc4)n3)c2)c2c1n(-c1cccc(-c3cccc(-c4ccccc4)n3)c1)c1ccccc21. The molecule has 0 amide bonds. The molecule has 2 unspecified atom stereocenters. The summed E-state index contributed by atoms with van der Waals surface area (Å²) in [5.41, 5.74) is 16.9. The van der Waals surface area contributed by atoms with E-state index in [1.165, 1.54) is 33.4 Å². The topological polar surface area (TPSA) is 34.0 Å². The highest BCUT2D eigenvalue weighted by Gasteiger charge is 2.43. The molecule has 6 aromatic carbocycles. The van der Waals surface area contributed by atoms with Crippen LogP contribution in [0.5, 0.6) is 0 Å². The largest absolute Gasteiger partial charge is 0.333 e. The zero-order valence-corrected chi connectivity index (χ0v) is 30.6. The van der Waals surface area contributed by atoms with Crippen LogP contribution in [0.15, 0.2) is 200 Å². The highest BCUT2D eigenvalue weighted by molar-refractivity contribution is 5.94. The molecule has 4 heterocycles. The molecule has 1 aliphatic heterocycles. The predicted octanol–water partition coefficient (Wildman–Crippen LogP) is 12.8. The summed E-state index contributed by atoms with van der Waals surface area (Å²) in [6, 6.07) is 69.0. The molecule has 0 fully saturated rings. The second kappa shape index (κ2) is 13.2. The van der Waals surface area contributed by atoms with Crippen molar-refractivity contribution < 1.29 is 0 Å². The number of aromatic nitrogens is 3. The number of hydrogen-bond donors (Lipinski definition) is 0. The van der Waals surface area contributed by atoms with E-state index in [0.717, 1.165) is 56.4 Å². The second-order valence-corrected chi connectivity index (χ2v) is 14.6. The minimum atomic E-state index is 0.106. The van der Waals surface area contributed by atoms with Crippen molar-refractivity contribution in [3.63, 3.8) is 0 Å². The lowest BCUT2D eigenvalue weighted by atomic mass is 9.82. The summed E-state index contributed by atoms with van der Waals surface area (Å²) in [6.45, 7) is 0. The summed E-state index contributed by atoms with van der Waals surface area (Å²) < 4.78 is 2.44. The highest BCUT2D eigenvalue weighted by Crippen LogP contribution is 2.54. The minimum Gasteiger partial charge on any atom is -0.333 e. The fourth-order valence-corrected chi connectivity index (χ4v) is 8.89. The Morgan fingerprint density at radius 2 is 0.946 bits per heavy atom. The molecule has 56 heavy (non-hydrogen) atoms. The summed E-state index contributed by atoms with van der Waals surface area (Å²) in [5, 5.41) is 1.28. The van der Waals surface area contributed by atoms with E-state index in [-0.39, 0.29) is 12.0 Å². The van der Waals surface area contributed by atoms with Gasteiger partial charge >= 0.3 is 0 Å². The molecule has 3 aromatic heterocycles. The third-order valence-corrected chi connectivity index (χ3v) is 11.3. The zero-order chi connectivity index (χ0) is 37.0. The van der Waals surface area contributed by atoms with E-state index in [1.54, 1.807) is 0 Å². The monoisotopic (exact) mass is 716 g/mol. The summed E-state index contributed by atoms with van der Waals surface area (Å²) in [7, 11) is 0. The van der Waals surface area contributed by atoms with Crippen LogP contribution < -0.4 is 4.90 Å². The lowest BCUT2D eigenvalue weighted by Gasteiger charge is -2.31. The fraction of sp³-hybridized carbons (Fsp3) is 0.0385. The van der Waals surface area contributed by atoms with Gasteiger partial charge in [0.1, 0.15) is 0 Å². The quantitative estimate of drug-likeness (QED) is 0.172. The van der Waals surface area contributed by atoms with Crippen molar-refractivity contribution >= 4 is 28.4 Å². The van der Waals surface area contributed by atoms with Crippen molar-refractivity contribution in [2.75, 3.05) is 4.90 Å². The van der Waals surface area contributed by atoms with Crippen LogP contribution in [0.25, 0.3) is 67.7 Å². The van der Waals surface area contributed by atoms with E-state index in [0.29, 0.717) is 0 Å². The van der Waals surface area contributed by atoms with Gasteiger partial charge in [0, 0.05) is 50.6 Å². The van der Waals surface area contributed by atoms with E-state index in [9.17, 15) is 0 Å². The summed E-state index contributed by atoms with van der Waals surface area (Å²) >= 11 is 0. The first-order valence-electron chi connectivity index (χ1n) is 19.2. The number of benzene rings is 6. The van der Waals surface area contributed by atoms with Crippen molar-refractivity contribution in [3.05, 3.63) is 217 Å². The van der Waals surface area contributed by atoms with Crippen LogP contribution in [-0.2, 0) is 0 Å². The van der Waals surface area contributed by atoms with Crippen molar-refractivity contribution in [2.24, 2.45) is 0 Å². The van der Waals surface area contributed by atoms with Gasteiger partial charge in [0.05, 0.1) is 40.0 Å². The summed E-state index contributed by atoms with van der Waals surface area (Å²) in [6.07, 6.45) is 4.77. The van der Waals surface area contributed by atoms with Gasteiger partial charge in [-0.05, 0) is 77.9 Å². The van der Waals surface area contributed by atoms with Crippen LogP contribution in [0.1, 0.15) is 22.7 Å². The third-order valence-electron chi connectivity index (χ3n) is 11.3. The molecule has 2 aliphatic rings. The van der Waals surface area contributed by atoms with Crippen molar-refractivity contribution in [1.82, 2.24) is 14.5 Å². The lowest BCUT2D eigenvalue weighted by Crippen LogP contribution is -2.30. The van der Waals surface area contributed by atoms with Crippen LogP contribution >= 0.6 is 0 Å². The van der Waals surface area contributed by atoms with Crippen molar-refractivity contribution in [3.8, 4) is 50.7 Å². The number of para-hydroxylation sites is 2. The average molecular weight is 717 g/mol. The molecule has 0 bridgehead atoms. The van der Waals surface area contributed by atoms with E-state index >= 15 is 0 Å². The highest BCUT2D eigenvalue weighted by atomic mass is 15.2. The second-order valence-electron chi connectivity index (χ2n) is 14.6. The molecule has 1 aliphatic carbocycles. The Bertz CT molecular complexity index is 2940. The first-order chi connectivity index (χ1) is 27.8. The molecule has 9 aromatic rings.